The lowest BCUT2D eigenvalue weighted by atomic mass is 10.1. The SMILES string of the molecule is CC1CN(S(=O)(=O)c2ccc(Br)cc2)CCN1CCc1ccccc1. The summed E-state index contributed by atoms with van der Waals surface area (Å²) in [6.07, 6.45) is 0.991. The molecule has 134 valence electrons. The Kier molecular flexibility index (Phi) is 5.94. The molecule has 0 saturated carbocycles. The molecule has 1 unspecified atom stereocenters. The van der Waals surface area contributed by atoms with Gasteiger partial charge in [0.15, 0.2) is 0 Å². The molecule has 0 aliphatic carbocycles. The van der Waals surface area contributed by atoms with Crippen LogP contribution in [0.2, 0.25) is 0 Å². The predicted molar refractivity (Wildman–Crippen MR) is 104 cm³/mol. The average molecular weight is 423 g/mol. The summed E-state index contributed by atoms with van der Waals surface area (Å²) < 4.78 is 28.1. The molecule has 0 N–H and O–H groups in total. The van der Waals surface area contributed by atoms with Gasteiger partial charge in [0.2, 0.25) is 10.0 Å². The summed E-state index contributed by atoms with van der Waals surface area (Å²) >= 11 is 3.35. The molecule has 0 bridgehead atoms. The van der Waals surface area contributed by atoms with Gasteiger partial charge >= 0.3 is 0 Å². The molecule has 4 nitrogen and oxygen atoms in total. The van der Waals surface area contributed by atoms with Crippen molar-refractivity contribution < 1.29 is 8.42 Å². The number of sulfonamides is 1. The van der Waals surface area contributed by atoms with E-state index in [2.05, 4.69) is 52.0 Å². The van der Waals surface area contributed by atoms with Gasteiger partial charge in [0.25, 0.3) is 0 Å². The van der Waals surface area contributed by atoms with Crippen LogP contribution in [0.5, 0.6) is 0 Å². The van der Waals surface area contributed by atoms with Gasteiger partial charge in [0, 0.05) is 36.7 Å². The molecule has 2 aromatic carbocycles. The third kappa shape index (κ3) is 4.50. The van der Waals surface area contributed by atoms with E-state index in [0.29, 0.717) is 18.0 Å². The number of nitrogens with zero attached hydrogens (tertiary/aromatic N) is 2. The van der Waals surface area contributed by atoms with Crippen molar-refractivity contribution in [2.24, 2.45) is 0 Å². The molecular weight excluding hydrogens is 400 g/mol. The zero-order chi connectivity index (χ0) is 17.9. The zero-order valence-electron chi connectivity index (χ0n) is 14.3. The third-order valence-corrected chi connectivity index (χ3v) is 7.12. The average Bonchev–Trinajstić information content (AvgIpc) is 2.62. The minimum Gasteiger partial charge on any atom is -0.298 e. The number of halogens is 1. The van der Waals surface area contributed by atoms with Crippen LogP contribution in [0.15, 0.2) is 64.0 Å². The molecule has 3 rings (SSSR count). The zero-order valence-corrected chi connectivity index (χ0v) is 16.7. The van der Waals surface area contributed by atoms with E-state index in [1.54, 1.807) is 28.6 Å². The molecular formula is C19H23BrN2O2S. The number of hydrogen-bond acceptors (Lipinski definition) is 3. The monoisotopic (exact) mass is 422 g/mol. The summed E-state index contributed by atoms with van der Waals surface area (Å²) in [7, 11) is -3.42. The maximum atomic E-state index is 12.8. The van der Waals surface area contributed by atoms with Crippen LogP contribution in [-0.4, -0.2) is 49.8 Å². The van der Waals surface area contributed by atoms with Crippen molar-refractivity contribution in [2.45, 2.75) is 24.3 Å². The van der Waals surface area contributed by atoms with Gasteiger partial charge in [-0.05, 0) is 43.2 Å². The van der Waals surface area contributed by atoms with Crippen molar-refractivity contribution in [3.05, 3.63) is 64.6 Å². The minimum atomic E-state index is -3.42. The largest absolute Gasteiger partial charge is 0.298 e. The molecule has 1 aliphatic heterocycles. The molecule has 1 aliphatic rings. The second-order valence-electron chi connectivity index (χ2n) is 6.44. The normalized spacial score (nSPS) is 19.8. The van der Waals surface area contributed by atoms with E-state index < -0.39 is 10.0 Å². The Morgan fingerprint density at radius 2 is 1.72 bits per heavy atom. The second-order valence-corrected chi connectivity index (χ2v) is 9.29. The number of hydrogen-bond donors (Lipinski definition) is 0. The summed E-state index contributed by atoms with van der Waals surface area (Å²) in [5.74, 6) is 0. The van der Waals surface area contributed by atoms with Gasteiger partial charge < -0.3 is 0 Å². The molecule has 6 heteroatoms. The predicted octanol–water partition coefficient (Wildman–Crippen LogP) is 3.39. The van der Waals surface area contributed by atoms with Gasteiger partial charge in [-0.3, -0.25) is 4.90 Å². The van der Waals surface area contributed by atoms with E-state index in [9.17, 15) is 8.42 Å². The van der Waals surface area contributed by atoms with E-state index in [1.807, 2.05) is 6.07 Å². The Morgan fingerprint density at radius 3 is 2.36 bits per heavy atom. The van der Waals surface area contributed by atoms with Crippen molar-refractivity contribution in [1.82, 2.24) is 9.21 Å². The maximum Gasteiger partial charge on any atom is 0.243 e. The Labute approximate surface area is 158 Å². The summed E-state index contributed by atoms with van der Waals surface area (Å²) in [6, 6.07) is 17.5. The van der Waals surface area contributed by atoms with Crippen LogP contribution < -0.4 is 0 Å². The highest BCUT2D eigenvalue weighted by molar-refractivity contribution is 9.10. The van der Waals surface area contributed by atoms with Crippen molar-refractivity contribution >= 4 is 26.0 Å². The molecule has 25 heavy (non-hydrogen) atoms. The van der Waals surface area contributed by atoms with Gasteiger partial charge in [-0.2, -0.15) is 4.31 Å². The Balaban J connectivity index is 1.62. The van der Waals surface area contributed by atoms with E-state index >= 15 is 0 Å². The topological polar surface area (TPSA) is 40.6 Å². The molecule has 0 radical (unpaired) electrons. The smallest absolute Gasteiger partial charge is 0.243 e. The fraction of sp³-hybridized carbons (Fsp3) is 0.368. The first-order valence-corrected chi connectivity index (χ1v) is 10.7. The highest BCUT2D eigenvalue weighted by Gasteiger charge is 2.31. The molecule has 0 aromatic heterocycles. The van der Waals surface area contributed by atoms with Crippen LogP contribution in [0.4, 0.5) is 0 Å². The lowest BCUT2D eigenvalue weighted by Crippen LogP contribution is -2.53. The maximum absolute atomic E-state index is 12.8. The Hall–Kier alpha value is -1.21. The lowest BCUT2D eigenvalue weighted by Gasteiger charge is -2.39. The lowest BCUT2D eigenvalue weighted by molar-refractivity contribution is 0.130. The van der Waals surface area contributed by atoms with Crippen LogP contribution >= 0.6 is 15.9 Å². The molecule has 1 fully saturated rings. The quantitative estimate of drug-likeness (QED) is 0.741. The molecule has 1 heterocycles. The summed E-state index contributed by atoms with van der Waals surface area (Å²) in [5.41, 5.74) is 1.32. The minimum absolute atomic E-state index is 0.211. The van der Waals surface area contributed by atoms with Gasteiger partial charge in [0.1, 0.15) is 0 Å². The van der Waals surface area contributed by atoms with Crippen LogP contribution in [0.3, 0.4) is 0 Å². The molecule has 0 amide bonds. The molecule has 2 aromatic rings. The highest BCUT2D eigenvalue weighted by atomic mass is 79.9. The van der Waals surface area contributed by atoms with E-state index in [4.69, 9.17) is 0 Å². The standard InChI is InChI=1S/C19H23BrN2O2S/c1-16-15-22(25(23,24)19-9-7-18(20)8-10-19)14-13-21(16)12-11-17-5-3-2-4-6-17/h2-10,16H,11-15H2,1H3. The first-order chi connectivity index (χ1) is 12.0. The van der Waals surface area contributed by atoms with Crippen molar-refractivity contribution in [2.75, 3.05) is 26.2 Å². The Bertz CT molecular complexity index is 794. The van der Waals surface area contributed by atoms with Crippen molar-refractivity contribution in [1.29, 1.82) is 0 Å². The summed E-state index contributed by atoms with van der Waals surface area (Å²) in [6.45, 7) is 4.90. The van der Waals surface area contributed by atoms with Gasteiger partial charge in [-0.15, -0.1) is 0 Å². The molecule has 1 atom stereocenters. The van der Waals surface area contributed by atoms with Crippen molar-refractivity contribution in [3.8, 4) is 0 Å². The second kappa shape index (κ2) is 7.99. The summed E-state index contributed by atoms with van der Waals surface area (Å²) in [5, 5.41) is 0. The first kappa shape index (κ1) is 18.6. The molecule has 1 saturated heterocycles. The van der Waals surface area contributed by atoms with E-state index in [-0.39, 0.29) is 6.04 Å². The highest BCUT2D eigenvalue weighted by Crippen LogP contribution is 2.22. The summed E-state index contributed by atoms with van der Waals surface area (Å²) in [4.78, 5) is 2.74. The van der Waals surface area contributed by atoms with Gasteiger partial charge in [-0.1, -0.05) is 46.3 Å². The van der Waals surface area contributed by atoms with Gasteiger partial charge in [0.05, 0.1) is 4.90 Å². The molecule has 0 spiro atoms. The van der Waals surface area contributed by atoms with E-state index in [0.717, 1.165) is 24.0 Å². The van der Waals surface area contributed by atoms with Crippen molar-refractivity contribution in [3.63, 3.8) is 0 Å². The van der Waals surface area contributed by atoms with E-state index in [1.165, 1.54) is 5.56 Å². The first-order valence-electron chi connectivity index (χ1n) is 8.50. The van der Waals surface area contributed by atoms with Crippen LogP contribution in [0.1, 0.15) is 12.5 Å². The number of rotatable bonds is 5. The fourth-order valence-corrected chi connectivity index (χ4v) is 4.96. The van der Waals surface area contributed by atoms with Crippen LogP contribution in [0.25, 0.3) is 0 Å². The fourth-order valence-electron chi connectivity index (χ4n) is 3.19. The third-order valence-electron chi connectivity index (χ3n) is 4.71. The van der Waals surface area contributed by atoms with Crippen LogP contribution in [-0.2, 0) is 16.4 Å². The van der Waals surface area contributed by atoms with Crippen LogP contribution in [0, 0.1) is 0 Å². The van der Waals surface area contributed by atoms with Gasteiger partial charge in [-0.25, -0.2) is 8.42 Å². The Morgan fingerprint density at radius 1 is 1.04 bits per heavy atom. The number of piperazine rings is 1. The number of benzene rings is 2.